The van der Waals surface area contributed by atoms with Crippen LogP contribution in [-0.4, -0.2) is 40.1 Å². The second kappa shape index (κ2) is 7.28. The van der Waals surface area contributed by atoms with Crippen LogP contribution in [0.4, 0.5) is 0 Å². The summed E-state index contributed by atoms with van der Waals surface area (Å²) in [5.41, 5.74) is 1.51. The Morgan fingerprint density at radius 1 is 1.46 bits per heavy atom. The van der Waals surface area contributed by atoms with Gasteiger partial charge >= 0.3 is 0 Å². The second-order valence-corrected chi connectivity index (χ2v) is 7.30. The molecule has 24 heavy (non-hydrogen) atoms. The van der Waals surface area contributed by atoms with Gasteiger partial charge in [-0.25, -0.2) is 4.98 Å². The van der Waals surface area contributed by atoms with E-state index in [-0.39, 0.29) is 24.5 Å². The second-order valence-electron chi connectivity index (χ2n) is 6.10. The minimum atomic E-state index is -0.152. The fraction of sp³-hybridized carbons (Fsp3) is 0.368. The lowest BCUT2D eigenvalue weighted by molar-refractivity contribution is 0.0638. The van der Waals surface area contributed by atoms with E-state index >= 15 is 0 Å². The third kappa shape index (κ3) is 3.14. The van der Waals surface area contributed by atoms with Gasteiger partial charge in [0.1, 0.15) is 5.69 Å². The van der Waals surface area contributed by atoms with E-state index in [2.05, 4.69) is 11.6 Å². The summed E-state index contributed by atoms with van der Waals surface area (Å²) < 4.78 is 0. The van der Waals surface area contributed by atoms with Crippen LogP contribution in [-0.2, 0) is 0 Å². The van der Waals surface area contributed by atoms with E-state index in [4.69, 9.17) is 0 Å². The maximum atomic E-state index is 13.1. The molecule has 1 N–H and O–H groups in total. The first-order valence-corrected chi connectivity index (χ1v) is 9.03. The van der Waals surface area contributed by atoms with E-state index < -0.39 is 0 Å². The summed E-state index contributed by atoms with van der Waals surface area (Å²) in [5, 5.41) is 10.6. The van der Waals surface area contributed by atoms with Gasteiger partial charge in [-0.3, -0.25) is 4.79 Å². The molecule has 1 aliphatic heterocycles. The number of benzene rings is 1. The molecule has 0 spiro atoms. The number of hydrogen-bond acceptors (Lipinski definition) is 4. The van der Waals surface area contributed by atoms with Crippen molar-refractivity contribution in [1.29, 1.82) is 0 Å². The lowest BCUT2D eigenvalue weighted by atomic mass is 9.97. The molecule has 0 unspecified atom stereocenters. The highest BCUT2D eigenvalue weighted by atomic mass is 32.1. The van der Waals surface area contributed by atoms with E-state index in [1.54, 1.807) is 4.90 Å². The molecule has 1 aromatic heterocycles. The molecular weight excluding hydrogens is 320 g/mol. The lowest BCUT2D eigenvalue weighted by Gasteiger charge is -2.26. The van der Waals surface area contributed by atoms with E-state index in [1.807, 2.05) is 43.3 Å². The zero-order valence-electron chi connectivity index (χ0n) is 13.8. The third-order valence-electron chi connectivity index (χ3n) is 4.58. The maximum Gasteiger partial charge on any atom is 0.274 e. The van der Waals surface area contributed by atoms with Crippen molar-refractivity contribution in [3.63, 3.8) is 0 Å². The minimum absolute atomic E-state index is 0.0198. The number of thiazole rings is 1. The van der Waals surface area contributed by atoms with Crippen LogP contribution in [0.5, 0.6) is 0 Å². The van der Waals surface area contributed by atoms with E-state index in [1.165, 1.54) is 11.3 Å². The first kappa shape index (κ1) is 16.9. The minimum Gasteiger partial charge on any atom is -0.394 e. The van der Waals surface area contributed by atoms with Gasteiger partial charge in [0.2, 0.25) is 0 Å². The molecule has 0 radical (unpaired) electrons. The fourth-order valence-electron chi connectivity index (χ4n) is 3.40. The molecular formula is C19H22N2O2S. The number of nitrogens with zero attached hydrogens (tertiary/aromatic N) is 2. The summed E-state index contributed by atoms with van der Waals surface area (Å²) in [4.78, 5) is 20.3. The molecule has 1 fully saturated rings. The summed E-state index contributed by atoms with van der Waals surface area (Å²) in [6.45, 7) is 6.34. The quantitative estimate of drug-likeness (QED) is 0.846. The van der Waals surface area contributed by atoms with Gasteiger partial charge in [0.15, 0.2) is 0 Å². The first-order valence-electron chi connectivity index (χ1n) is 8.21. The number of amides is 1. The summed E-state index contributed by atoms with van der Waals surface area (Å²) in [7, 11) is 0. The fourth-order valence-corrected chi connectivity index (χ4v) is 4.32. The Balaban J connectivity index is 1.92. The largest absolute Gasteiger partial charge is 0.394 e. The number of aliphatic hydroxyl groups is 1. The van der Waals surface area contributed by atoms with Crippen LogP contribution in [0.2, 0.25) is 0 Å². The van der Waals surface area contributed by atoms with Crippen LogP contribution in [0.15, 0.2) is 43.0 Å². The van der Waals surface area contributed by atoms with Gasteiger partial charge in [-0.15, -0.1) is 17.9 Å². The SMILES string of the molecule is C=CC[C@H]1CCN(C(=O)c2nc(C)sc2-c2ccccc2)[C@@H]1CO. The van der Waals surface area contributed by atoms with Crippen LogP contribution >= 0.6 is 11.3 Å². The molecule has 1 saturated heterocycles. The lowest BCUT2D eigenvalue weighted by Crippen LogP contribution is -2.40. The van der Waals surface area contributed by atoms with Crippen LogP contribution in [0.25, 0.3) is 10.4 Å². The molecule has 1 aliphatic rings. The monoisotopic (exact) mass is 342 g/mol. The Bertz CT molecular complexity index is 726. The molecule has 5 heteroatoms. The number of rotatable bonds is 5. The van der Waals surface area contributed by atoms with Crippen molar-refractivity contribution in [2.75, 3.05) is 13.2 Å². The highest BCUT2D eigenvalue weighted by Crippen LogP contribution is 2.34. The van der Waals surface area contributed by atoms with Gasteiger partial charge in [-0.2, -0.15) is 0 Å². The average Bonchev–Trinajstić information content (AvgIpc) is 3.19. The van der Waals surface area contributed by atoms with E-state index in [0.29, 0.717) is 12.2 Å². The van der Waals surface area contributed by atoms with Crippen LogP contribution in [0, 0.1) is 12.8 Å². The highest BCUT2D eigenvalue weighted by molar-refractivity contribution is 7.15. The molecule has 0 aliphatic carbocycles. The Hall–Kier alpha value is -1.98. The number of hydrogen-bond donors (Lipinski definition) is 1. The van der Waals surface area contributed by atoms with Gasteiger partial charge < -0.3 is 10.0 Å². The molecule has 1 aromatic carbocycles. The smallest absolute Gasteiger partial charge is 0.274 e. The zero-order chi connectivity index (χ0) is 17.1. The molecule has 126 valence electrons. The van der Waals surface area contributed by atoms with Crippen molar-refractivity contribution in [3.8, 4) is 10.4 Å². The molecule has 2 aromatic rings. The molecule has 2 atom stereocenters. The van der Waals surface area contributed by atoms with Crippen molar-refractivity contribution in [2.24, 2.45) is 5.92 Å². The summed E-state index contributed by atoms with van der Waals surface area (Å²) in [5.74, 6) is 0.195. The summed E-state index contributed by atoms with van der Waals surface area (Å²) in [6.07, 6.45) is 3.58. The maximum absolute atomic E-state index is 13.1. The number of likely N-dealkylation sites (tertiary alicyclic amines) is 1. The number of carbonyl (C=O) groups is 1. The normalized spacial score (nSPS) is 20.3. The molecule has 0 saturated carbocycles. The predicted octanol–water partition coefficient (Wildman–Crippen LogP) is 3.52. The Kier molecular flexibility index (Phi) is 5.11. The highest BCUT2D eigenvalue weighted by Gasteiger charge is 2.37. The van der Waals surface area contributed by atoms with Gasteiger partial charge in [0.25, 0.3) is 5.91 Å². The van der Waals surface area contributed by atoms with Crippen molar-refractivity contribution in [1.82, 2.24) is 9.88 Å². The molecule has 4 nitrogen and oxygen atoms in total. The van der Waals surface area contributed by atoms with Crippen LogP contribution < -0.4 is 0 Å². The topological polar surface area (TPSA) is 53.4 Å². The van der Waals surface area contributed by atoms with Crippen LogP contribution in [0.1, 0.15) is 28.3 Å². The Morgan fingerprint density at radius 2 is 2.21 bits per heavy atom. The van der Waals surface area contributed by atoms with Gasteiger partial charge in [0.05, 0.1) is 22.5 Å². The molecule has 0 bridgehead atoms. The number of aliphatic hydroxyl groups excluding tert-OH is 1. The zero-order valence-corrected chi connectivity index (χ0v) is 14.6. The summed E-state index contributed by atoms with van der Waals surface area (Å²) in [6, 6.07) is 9.73. The van der Waals surface area contributed by atoms with Crippen molar-refractivity contribution >= 4 is 17.2 Å². The van der Waals surface area contributed by atoms with Gasteiger partial charge in [0, 0.05) is 6.54 Å². The average molecular weight is 342 g/mol. The van der Waals surface area contributed by atoms with Crippen molar-refractivity contribution < 1.29 is 9.90 Å². The van der Waals surface area contributed by atoms with Gasteiger partial charge in [-0.05, 0) is 31.2 Å². The van der Waals surface area contributed by atoms with Crippen molar-refractivity contribution in [3.05, 3.63) is 53.7 Å². The standard InChI is InChI=1S/C19H22N2O2S/c1-3-7-14-10-11-21(16(14)12-22)19(23)17-18(24-13(2)20-17)15-8-5-4-6-9-15/h3-6,8-9,14,16,22H,1,7,10-12H2,2H3/t14-,16+/m0/s1. The number of aromatic nitrogens is 1. The van der Waals surface area contributed by atoms with E-state index in [9.17, 15) is 9.90 Å². The first-order chi connectivity index (χ1) is 11.7. The molecule has 3 rings (SSSR count). The Labute approximate surface area is 146 Å². The molecule has 2 heterocycles. The molecule has 1 amide bonds. The van der Waals surface area contributed by atoms with Crippen LogP contribution in [0.3, 0.4) is 0 Å². The summed E-state index contributed by atoms with van der Waals surface area (Å²) >= 11 is 1.54. The van der Waals surface area contributed by atoms with Gasteiger partial charge in [-0.1, -0.05) is 36.4 Å². The third-order valence-corrected chi connectivity index (χ3v) is 5.60. The number of carbonyl (C=O) groups excluding carboxylic acids is 1. The number of allylic oxidation sites excluding steroid dienone is 1. The predicted molar refractivity (Wildman–Crippen MR) is 97.1 cm³/mol. The van der Waals surface area contributed by atoms with Crippen molar-refractivity contribution in [2.45, 2.75) is 25.8 Å². The Morgan fingerprint density at radius 3 is 2.88 bits per heavy atom. The van der Waals surface area contributed by atoms with E-state index in [0.717, 1.165) is 28.3 Å². The number of aryl methyl sites for hydroxylation is 1.